The highest BCUT2D eigenvalue weighted by Crippen LogP contribution is 2.34. The molecule has 0 aliphatic carbocycles. The molecule has 0 N–H and O–H groups in total. The van der Waals surface area contributed by atoms with Crippen molar-refractivity contribution in [1.82, 2.24) is 10.2 Å². The van der Waals surface area contributed by atoms with E-state index in [2.05, 4.69) is 36.2 Å². The van der Waals surface area contributed by atoms with Crippen LogP contribution in [0.15, 0.2) is 36.4 Å². The zero-order valence-corrected chi connectivity index (χ0v) is 20.0. The van der Waals surface area contributed by atoms with Gasteiger partial charge in [0.05, 0.1) is 17.2 Å². The maximum atomic E-state index is 13.2. The van der Waals surface area contributed by atoms with E-state index >= 15 is 0 Å². The summed E-state index contributed by atoms with van der Waals surface area (Å²) in [6, 6.07) is 11.2. The van der Waals surface area contributed by atoms with E-state index in [1.807, 2.05) is 26.0 Å². The summed E-state index contributed by atoms with van der Waals surface area (Å²) in [6.45, 7) is 9.53. The van der Waals surface area contributed by atoms with E-state index in [-0.39, 0.29) is 5.91 Å². The molecule has 1 heterocycles. The summed E-state index contributed by atoms with van der Waals surface area (Å²) in [4.78, 5) is 14.9. The molecule has 0 radical (unpaired) electrons. The van der Waals surface area contributed by atoms with Gasteiger partial charge in [-0.15, -0.1) is 10.2 Å². The van der Waals surface area contributed by atoms with Crippen molar-refractivity contribution in [1.29, 1.82) is 0 Å². The SMILES string of the molecule is CCCCN(C(=O)c1ccccc1Cl)c1nnc(-c2cc(C)c(OCCC)c(C)c2)s1. The quantitative estimate of drug-likeness (QED) is 0.358. The Labute approximate surface area is 193 Å². The molecule has 0 bridgehead atoms. The normalized spacial score (nSPS) is 10.9. The molecule has 3 rings (SSSR count). The van der Waals surface area contributed by atoms with Crippen molar-refractivity contribution in [3.8, 4) is 16.3 Å². The first-order chi connectivity index (χ1) is 15.0. The lowest BCUT2D eigenvalue weighted by atomic mass is 10.1. The van der Waals surface area contributed by atoms with Crippen LogP contribution in [0.25, 0.3) is 10.6 Å². The Hall–Kier alpha value is -2.44. The topological polar surface area (TPSA) is 55.3 Å². The second-order valence-corrected chi connectivity index (χ2v) is 8.83. The summed E-state index contributed by atoms with van der Waals surface area (Å²) < 4.78 is 5.89. The van der Waals surface area contributed by atoms with Gasteiger partial charge in [0.2, 0.25) is 5.13 Å². The van der Waals surface area contributed by atoms with Crippen LogP contribution in [0.5, 0.6) is 5.75 Å². The van der Waals surface area contributed by atoms with Crippen molar-refractivity contribution in [2.45, 2.75) is 47.0 Å². The lowest BCUT2D eigenvalue weighted by Gasteiger charge is -2.19. The minimum atomic E-state index is -0.155. The minimum absolute atomic E-state index is 0.155. The number of benzene rings is 2. The Kier molecular flexibility index (Phi) is 8.04. The van der Waals surface area contributed by atoms with Crippen molar-refractivity contribution >= 4 is 34.0 Å². The molecule has 5 nitrogen and oxygen atoms in total. The zero-order valence-electron chi connectivity index (χ0n) is 18.4. The number of aryl methyl sites for hydroxylation is 2. The van der Waals surface area contributed by atoms with Gasteiger partial charge in [-0.25, -0.2) is 0 Å². The van der Waals surface area contributed by atoms with Crippen LogP contribution in [0.4, 0.5) is 5.13 Å². The number of unbranched alkanes of at least 4 members (excludes halogenated alkanes) is 1. The van der Waals surface area contributed by atoms with Crippen molar-refractivity contribution in [3.63, 3.8) is 0 Å². The molecule has 0 spiro atoms. The molecular formula is C24H28ClN3O2S. The summed E-state index contributed by atoms with van der Waals surface area (Å²) in [5.41, 5.74) is 3.58. The third-order valence-corrected chi connectivity index (χ3v) is 6.21. The first kappa shape index (κ1) is 23.2. The van der Waals surface area contributed by atoms with Crippen molar-refractivity contribution in [2.75, 3.05) is 18.1 Å². The predicted molar refractivity (Wildman–Crippen MR) is 129 cm³/mol. The number of rotatable bonds is 9. The van der Waals surface area contributed by atoms with Gasteiger partial charge in [-0.1, -0.05) is 55.3 Å². The fraction of sp³-hybridized carbons (Fsp3) is 0.375. The molecule has 0 saturated heterocycles. The molecule has 0 fully saturated rings. The Balaban J connectivity index is 1.92. The average Bonchev–Trinajstić information content (AvgIpc) is 3.23. The maximum Gasteiger partial charge on any atom is 0.261 e. The summed E-state index contributed by atoms with van der Waals surface area (Å²) in [5, 5.41) is 10.5. The van der Waals surface area contributed by atoms with Gasteiger partial charge in [-0.3, -0.25) is 9.69 Å². The predicted octanol–water partition coefficient (Wildman–Crippen LogP) is 6.71. The molecule has 164 valence electrons. The molecule has 1 aromatic heterocycles. The number of halogens is 1. The van der Waals surface area contributed by atoms with Crippen molar-refractivity contribution in [2.24, 2.45) is 0 Å². The zero-order chi connectivity index (χ0) is 22.4. The molecule has 2 aromatic carbocycles. The van der Waals surface area contributed by atoms with Gasteiger partial charge in [-0.05, 0) is 62.1 Å². The molecule has 31 heavy (non-hydrogen) atoms. The molecule has 3 aromatic rings. The number of nitrogens with zero attached hydrogens (tertiary/aromatic N) is 3. The summed E-state index contributed by atoms with van der Waals surface area (Å²) >= 11 is 7.69. The maximum absolute atomic E-state index is 13.2. The third-order valence-electron chi connectivity index (χ3n) is 4.89. The van der Waals surface area contributed by atoms with Crippen LogP contribution in [0, 0.1) is 13.8 Å². The Morgan fingerprint density at radius 1 is 1.10 bits per heavy atom. The summed E-state index contributed by atoms with van der Waals surface area (Å²) in [6.07, 6.45) is 2.80. The van der Waals surface area contributed by atoms with Crippen LogP contribution in [0.3, 0.4) is 0 Å². The highest BCUT2D eigenvalue weighted by Gasteiger charge is 2.23. The van der Waals surface area contributed by atoms with Crippen LogP contribution in [0.1, 0.15) is 54.6 Å². The van der Waals surface area contributed by atoms with E-state index in [0.717, 1.165) is 46.7 Å². The number of aromatic nitrogens is 2. The van der Waals surface area contributed by atoms with E-state index in [1.54, 1.807) is 17.0 Å². The monoisotopic (exact) mass is 457 g/mol. The second-order valence-electron chi connectivity index (χ2n) is 7.47. The molecule has 0 aliphatic rings. The van der Waals surface area contributed by atoms with Crippen LogP contribution in [-0.4, -0.2) is 29.3 Å². The number of hydrogen-bond donors (Lipinski definition) is 0. The van der Waals surface area contributed by atoms with Crippen molar-refractivity contribution < 1.29 is 9.53 Å². The van der Waals surface area contributed by atoms with Gasteiger partial charge in [-0.2, -0.15) is 0 Å². The van der Waals surface area contributed by atoms with Crippen LogP contribution in [-0.2, 0) is 0 Å². The van der Waals surface area contributed by atoms with Crippen LogP contribution in [0.2, 0.25) is 5.02 Å². The first-order valence-electron chi connectivity index (χ1n) is 10.6. The molecular weight excluding hydrogens is 430 g/mol. The molecule has 7 heteroatoms. The number of anilines is 1. The Morgan fingerprint density at radius 2 is 1.81 bits per heavy atom. The molecule has 0 saturated carbocycles. The van der Waals surface area contributed by atoms with Gasteiger partial charge in [0.25, 0.3) is 5.91 Å². The van der Waals surface area contributed by atoms with Crippen LogP contribution < -0.4 is 9.64 Å². The Morgan fingerprint density at radius 3 is 2.45 bits per heavy atom. The number of amides is 1. The molecule has 0 aliphatic heterocycles. The molecule has 0 atom stereocenters. The highest BCUT2D eigenvalue weighted by atomic mass is 35.5. The number of carbonyl (C=O) groups excluding carboxylic acids is 1. The van der Waals surface area contributed by atoms with Gasteiger partial charge in [0, 0.05) is 12.1 Å². The fourth-order valence-electron chi connectivity index (χ4n) is 3.33. The van der Waals surface area contributed by atoms with E-state index < -0.39 is 0 Å². The van der Waals surface area contributed by atoms with Crippen LogP contribution >= 0.6 is 22.9 Å². The fourth-order valence-corrected chi connectivity index (χ4v) is 4.40. The third kappa shape index (κ3) is 5.43. The second kappa shape index (κ2) is 10.7. The lowest BCUT2D eigenvalue weighted by Crippen LogP contribution is -2.32. The standard InChI is InChI=1S/C24H28ClN3O2S/c1-5-7-12-28(23(29)19-10-8-9-11-20(19)25)24-27-26-22(31-24)18-14-16(3)21(17(4)15-18)30-13-6-2/h8-11,14-15H,5-7,12-13H2,1-4H3. The van der Waals surface area contributed by atoms with E-state index in [4.69, 9.17) is 16.3 Å². The average molecular weight is 458 g/mol. The van der Waals surface area contributed by atoms with E-state index in [0.29, 0.717) is 28.9 Å². The number of hydrogen-bond acceptors (Lipinski definition) is 5. The summed E-state index contributed by atoms with van der Waals surface area (Å²) in [5.74, 6) is 0.770. The Bertz CT molecular complexity index is 1030. The van der Waals surface area contributed by atoms with Gasteiger partial charge in [0.15, 0.2) is 0 Å². The summed E-state index contributed by atoms with van der Waals surface area (Å²) in [7, 11) is 0. The number of ether oxygens (including phenoxy) is 1. The number of carbonyl (C=O) groups is 1. The van der Waals surface area contributed by atoms with Gasteiger partial charge >= 0.3 is 0 Å². The van der Waals surface area contributed by atoms with E-state index in [1.165, 1.54) is 11.3 Å². The van der Waals surface area contributed by atoms with E-state index in [9.17, 15) is 4.79 Å². The smallest absolute Gasteiger partial charge is 0.261 e. The highest BCUT2D eigenvalue weighted by molar-refractivity contribution is 7.18. The van der Waals surface area contributed by atoms with Gasteiger partial charge < -0.3 is 4.74 Å². The van der Waals surface area contributed by atoms with Gasteiger partial charge in [0.1, 0.15) is 10.8 Å². The lowest BCUT2D eigenvalue weighted by molar-refractivity contribution is 0.0986. The van der Waals surface area contributed by atoms with Crippen molar-refractivity contribution in [3.05, 3.63) is 58.1 Å². The minimum Gasteiger partial charge on any atom is -0.493 e. The molecule has 0 unspecified atom stereocenters. The first-order valence-corrected chi connectivity index (χ1v) is 11.8. The molecule has 1 amide bonds. The largest absolute Gasteiger partial charge is 0.493 e.